The predicted octanol–water partition coefficient (Wildman–Crippen LogP) is 1.47. The molecule has 1 aliphatic heterocycles. The Bertz CT molecular complexity index is 640. The molecule has 6 heteroatoms. The molecule has 0 spiro atoms. The van der Waals surface area contributed by atoms with Gasteiger partial charge in [0.05, 0.1) is 0 Å². The summed E-state index contributed by atoms with van der Waals surface area (Å²) < 4.78 is 1.79. The van der Waals surface area contributed by atoms with Gasteiger partial charge in [-0.15, -0.1) is 0 Å². The van der Waals surface area contributed by atoms with Gasteiger partial charge in [0.15, 0.2) is 0 Å². The molecule has 3 heterocycles. The molecular formula is C16H21N5O. The quantitative estimate of drug-likeness (QED) is 0.931. The van der Waals surface area contributed by atoms with E-state index in [0.717, 1.165) is 19.4 Å². The summed E-state index contributed by atoms with van der Waals surface area (Å²) in [5.41, 5.74) is 6.51. The van der Waals surface area contributed by atoms with Crippen LogP contribution in [0.3, 0.4) is 0 Å². The van der Waals surface area contributed by atoms with E-state index in [2.05, 4.69) is 16.9 Å². The molecule has 2 aromatic rings. The van der Waals surface area contributed by atoms with Gasteiger partial charge in [-0.05, 0) is 30.9 Å². The Morgan fingerprint density at radius 3 is 3.05 bits per heavy atom. The summed E-state index contributed by atoms with van der Waals surface area (Å²) in [6.07, 6.45) is 8.83. The lowest BCUT2D eigenvalue weighted by molar-refractivity contribution is 0.0573. The van der Waals surface area contributed by atoms with Gasteiger partial charge in [-0.2, -0.15) is 0 Å². The van der Waals surface area contributed by atoms with Crippen LogP contribution in [-0.2, 0) is 0 Å². The molecule has 0 aromatic carbocycles. The summed E-state index contributed by atoms with van der Waals surface area (Å²) >= 11 is 0. The summed E-state index contributed by atoms with van der Waals surface area (Å²) in [5.74, 6) is 1.35. The molecule has 0 saturated carbocycles. The number of rotatable bonds is 3. The zero-order valence-electron chi connectivity index (χ0n) is 12.7. The molecule has 0 radical (unpaired) electrons. The number of nitrogens with zero attached hydrogens (tertiary/aromatic N) is 4. The molecule has 0 bridgehead atoms. The minimum Gasteiger partial charge on any atom is -0.334 e. The van der Waals surface area contributed by atoms with Crippen LogP contribution in [0.4, 0.5) is 0 Å². The molecule has 116 valence electrons. The van der Waals surface area contributed by atoms with Crippen molar-refractivity contribution >= 4 is 5.91 Å². The van der Waals surface area contributed by atoms with Crippen molar-refractivity contribution in [1.82, 2.24) is 19.4 Å². The number of hydrogen-bond acceptors (Lipinski definition) is 4. The first-order valence-corrected chi connectivity index (χ1v) is 7.64. The normalized spacial score (nSPS) is 21.8. The lowest BCUT2D eigenvalue weighted by Gasteiger charge is -2.38. The lowest BCUT2D eigenvalue weighted by atomic mass is 9.92. The second-order valence-electron chi connectivity index (χ2n) is 5.89. The van der Waals surface area contributed by atoms with E-state index >= 15 is 0 Å². The SMILES string of the molecule is CC1CCN(C(=O)c2ccnc(-n3ccnc3)c2)C(CN)C1. The van der Waals surface area contributed by atoms with Crippen molar-refractivity contribution < 1.29 is 4.79 Å². The minimum atomic E-state index is 0.0334. The van der Waals surface area contributed by atoms with Gasteiger partial charge in [-0.1, -0.05) is 6.92 Å². The molecule has 1 fully saturated rings. The van der Waals surface area contributed by atoms with Crippen LogP contribution in [0, 0.1) is 5.92 Å². The predicted molar refractivity (Wildman–Crippen MR) is 83.6 cm³/mol. The Balaban J connectivity index is 1.84. The van der Waals surface area contributed by atoms with Crippen LogP contribution < -0.4 is 5.73 Å². The number of piperidine rings is 1. The summed E-state index contributed by atoms with van der Waals surface area (Å²) in [6, 6.07) is 3.69. The van der Waals surface area contributed by atoms with E-state index in [9.17, 15) is 4.79 Å². The van der Waals surface area contributed by atoms with Crippen molar-refractivity contribution in [1.29, 1.82) is 0 Å². The summed E-state index contributed by atoms with van der Waals surface area (Å²) in [5, 5.41) is 0. The number of imidazole rings is 1. The van der Waals surface area contributed by atoms with E-state index < -0.39 is 0 Å². The number of carbonyl (C=O) groups excluding carboxylic acids is 1. The van der Waals surface area contributed by atoms with Crippen LogP contribution in [0.1, 0.15) is 30.1 Å². The molecule has 1 saturated heterocycles. The maximum atomic E-state index is 12.8. The average molecular weight is 299 g/mol. The van der Waals surface area contributed by atoms with E-state index in [4.69, 9.17) is 5.73 Å². The van der Waals surface area contributed by atoms with Gasteiger partial charge in [-0.3, -0.25) is 9.36 Å². The highest BCUT2D eigenvalue weighted by atomic mass is 16.2. The van der Waals surface area contributed by atoms with Gasteiger partial charge >= 0.3 is 0 Å². The van der Waals surface area contributed by atoms with Crippen LogP contribution in [0.15, 0.2) is 37.1 Å². The smallest absolute Gasteiger partial charge is 0.254 e. The average Bonchev–Trinajstić information content (AvgIpc) is 3.08. The highest BCUT2D eigenvalue weighted by molar-refractivity contribution is 5.94. The molecule has 1 amide bonds. The van der Waals surface area contributed by atoms with Crippen molar-refractivity contribution in [2.45, 2.75) is 25.8 Å². The minimum absolute atomic E-state index is 0.0334. The third-order valence-electron chi connectivity index (χ3n) is 4.27. The fourth-order valence-corrected chi connectivity index (χ4v) is 3.00. The van der Waals surface area contributed by atoms with Gasteiger partial charge in [0.1, 0.15) is 12.1 Å². The Morgan fingerprint density at radius 2 is 2.32 bits per heavy atom. The van der Waals surface area contributed by atoms with Crippen LogP contribution >= 0.6 is 0 Å². The Morgan fingerprint density at radius 1 is 1.45 bits per heavy atom. The molecule has 6 nitrogen and oxygen atoms in total. The highest BCUT2D eigenvalue weighted by Crippen LogP contribution is 2.24. The van der Waals surface area contributed by atoms with Crippen LogP contribution in [0.25, 0.3) is 5.82 Å². The summed E-state index contributed by atoms with van der Waals surface area (Å²) in [6.45, 7) is 3.49. The van der Waals surface area contributed by atoms with Crippen molar-refractivity contribution in [2.75, 3.05) is 13.1 Å². The topological polar surface area (TPSA) is 77.0 Å². The van der Waals surface area contributed by atoms with E-state index in [1.54, 1.807) is 35.4 Å². The van der Waals surface area contributed by atoms with E-state index in [0.29, 0.717) is 23.8 Å². The number of amides is 1. The lowest BCUT2D eigenvalue weighted by Crippen LogP contribution is -2.49. The zero-order chi connectivity index (χ0) is 15.5. The van der Waals surface area contributed by atoms with Gasteiger partial charge in [-0.25, -0.2) is 9.97 Å². The fraction of sp³-hybridized carbons (Fsp3) is 0.438. The maximum absolute atomic E-state index is 12.8. The molecule has 3 rings (SSSR count). The second-order valence-corrected chi connectivity index (χ2v) is 5.89. The van der Waals surface area contributed by atoms with Crippen LogP contribution in [-0.4, -0.2) is 44.5 Å². The van der Waals surface area contributed by atoms with Gasteiger partial charge in [0.25, 0.3) is 5.91 Å². The third kappa shape index (κ3) is 2.87. The van der Waals surface area contributed by atoms with E-state index in [1.165, 1.54) is 0 Å². The zero-order valence-corrected chi connectivity index (χ0v) is 12.7. The van der Waals surface area contributed by atoms with Gasteiger partial charge in [0, 0.05) is 43.3 Å². The molecular weight excluding hydrogens is 278 g/mol. The molecule has 22 heavy (non-hydrogen) atoms. The second kappa shape index (κ2) is 6.27. The number of pyridine rings is 1. The van der Waals surface area contributed by atoms with Crippen LogP contribution in [0.5, 0.6) is 0 Å². The van der Waals surface area contributed by atoms with Crippen molar-refractivity contribution in [2.24, 2.45) is 11.7 Å². The Kier molecular flexibility index (Phi) is 4.20. The van der Waals surface area contributed by atoms with Gasteiger partial charge < -0.3 is 10.6 Å². The molecule has 2 N–H and O–H groups in total. The fourth-order valence-electron chi connectivity index (χ4n) is 3.00. The summed E-state index contributed by atoms with van der Waals surface area (Å²) in [4.78, 5) is 23.0. The number of likely N-dealkylation sites (tertiary alicyclic amines) is 1. The molecule has 2 unspecified atom stereocenters. The van der Waals surface area contributed by atoms with Crippen LogP contribution in [0.2, 0.25) is 0 Å². The largest absolute Gasteiger partial charge is 0.334 e. The van der Waals surface area contributed by atoms with E-state index in [-0.39, 0.29) is 11.9 Å². The molecule has 2 atom stereocenters. The number of aromatic nitrogens is 3. The third-order valence-corrected chi connectivity index (χ3v) is 4.27. The first-order valence-electron chi connectivity index (χ1n) is 7.64. The Labute approximate surface area is 130 Å². The van der Waals surface area contributed by atoms with Crippen molar-refractivity contribution in [3.05, 3.63) is 42.6 Å². The molecule has 2 aromatic heterocycles. The number of nitrogens with two attached hydrogens (primary N) is 1. The first-order chi connectivity index (χ1) is 10.7. The summed E-state index contributed by atoms with van der Waals surface area (Å²) in [7, 11) is 0. The highest BCUT2D eigenvalue weighted by Gasteiger charge is 2.29. The standard InChI is InChI=1S/C16H21N5O/c1-12-3-6-21(14(8-12)10-17)16(22)13-2-4-19-15(9-13)20-7-5-18-11-20/h2,4-5,7,9,11-12,14H,3,6,8,10,17H2,1H3. The maximum Gasteiger partial charge on any atom is 0.254 e. The number of hydrogen-bond donors (Lipinski definition) is 1. The molecule has 0 aliphatic carbocycles. The Hall–Kier alpha value is -2.21. The number of carbonyl (C=O) groups is 1. The monoisotopic (exact) mass is 299 g/mol. The van der Waals surface area contributed by atoms with Crippen molar-refractivity contribution in [3.8, 4) is 5.82 Å². The first kappa shape index (κ1) is 14.7. The van der Waals surface area contributed by atoms with Crippen molar-refractivity contribution in [3.63, 3.8) is 0 Å². The van der Waals surface area contributed by atoms with E-state index in [1.807, 2.05) is 11.1 Å². The van der Waals surface area contributed by atoms with Gasteiger partial charge in [0.2, 0.25) is 0 Å². The molecule has 1 aliphatic rings.